The van der Waals surface area contributed by atoms with Gasteiger partial charge in [0.2, 0.25) is 10.0 Å². The standard InChI is InChI=1S/C18H22N2O5S/c1-14-11-16(19-25-14)13-24-18(21)15-7-6-8-17(12-15)26(22,23)20-9-4-2-3-5-10-20/h6-8,11-12H,2-5,9-10,13H2,1H3. The summed E-state index contributed by atoms with van der Waals surface area (Å²) in [6, 6.07) is 7.65. The third-order valence-corrected chi connectivity index (χ3v) is 6.20. The average Bonchev–Trinajstić information content (AvgIpc) is 2.87. The van der Waals surface area contributed by atoms with Gasteiger partial charge in [-0.05, 0) is 38.0 Å². The summed E-state index contributed by atoms with van der Waals surface area (Å²) < 4.78 is 37.3. The monoisotopic (exact) mass is 378 g/mol. The van der Waals surface area contributed by atoms with E-state index in [-0.39, 0.29) is 17.1 Å². The molecule has 3 rings (SSSR count). The average molecular weight is 378 g/mol. The fourth-order valence-electron chi connectivity index (χ4n) is 2.92. The largest absolute Gasteiger partial charge is 0.455 e. The summed E-state index contributed by atoms with van der Waals surface area (Å²) in [6.07, 6.45) is 3.80. The first-order chi connectivity index (χ1) is 12.5. The molecule has 140 valence electrons. The van der Waals surface area contributed by atoms with Crippen LogP contribution in [0.2, 0.25) is 0 Å². The first kappa shape index (κ1) is 18.6. The number of nitrogens with zero attached hydrogens (tertiary/aromatic N) is 2. The molecular weight excluding hydrogens is 356 g/mol. The second kappa shape index (κ2) is 8.01. The Labute approximate surface area is 153 Å². The van der Waals surface area contributed by atoms with Crippen molar-refractivity contribution in [2.24, 2.45) is 0 Å². The zero-order valence-electron chi connectivity index (χ0n) is 14.7. The quantitative estimate of drug-likeness (QED) is 0.743. The number of aryl methyl sites for hydroxylation is 1. The van der Waals surface area contributed by atoms with Gasteiger partial charge in [0.15, 0.2) is 0 Å². The highest BCUT2D eigenvalue weighted by atomic mass is 32.2. The number of benzene rings is 1. The van der Waals surface area contributed by atoms with Crippen LogP contribution in [-0.4, -0.2) is 36.9 Å². The molecule has 0 N–H and O–H groups in total. The maximum absolute atomic E-state index is 12.8. The highest BCUT2D eigenvalue weighted by Crippen LogP contribution is 2.21. The van der Waals surface area contributed by atoms with Gasteiger partial charge in [0, 0.05) is 19.2 Å². The van der Waals surface area contributed by atoms with Crippen LogP contribution < -0.4 is 0 Å². The maximum Gasteiger partial charge on any atom is 0.338 e. The number of hydrogen-bond acceptors (Lipinski definition) is 6. The van der Waals surface area contributed by atoms with Crippen LogP contribution in [-0.2, 0) is 21.4 Å². The van der Waals surface area contributed by atoms with Crippen molar-refractivity contribution in [1.29, 1.82) is 0 Å². The van der Waals surface area contributed by atoms with Crippen molar-refractivity contribution in [2.45, 2.75) is 44.1 Å². The van der Waals surface area contributed by atoms with Crippen LogP contribution in [0.1, 0.15) is 47.5 Å². The van der Waals surface area contributed by atoms with E-state index in [2.05, 4.69) is 5.16 Å². The molecule has 1 aromatic carbocycles. The molecule has 1 saturated heterocycles. The second-order valence-electron chi connectivity index (χ2n) is 6.35. The van der Waals surface area contributed by atoms with E-state index < -0.39 is 16.0 Å². The molecule has 0 amide bonds. The van der Waals surface area contributed by atoms with Crippen molar-refractivity contribution < 1.29 is 22.5 Å². The minimum absolute atomic E-state index is 0.0285. The van der Waals surface area contributed by atoms with E-state index in [1.54, 1.807) is 19.1 Å². The Morgan fingerprint density at radius 2 is 1.92 bits per heavy atom. The lowest BCUT2D eigenvalue weighted by molar-refractivity contribution is 0.0464. The van der Waals surface area contributed by atoms with Gasteiger partial charge in [-0.25, -0.2) is 13.2 Å². The molecule has 2 heterocycles. The van der Waals surface area contributed by atoms with Crippen LogP contribution in [0.5, 0.6) is 0 Å². The smallest absolute Gasteiger partial charge is 0.338 e. The van der Waals surface area contributed by atoms with E-state index in [4.69, 9.17) is 9.26 Å². The number of esters is 1. The first-order valence-corrected chi connectivity index (χ1v) is 10.1. The lowest BCUT2D eigenvalue weighted by atomic mass is 10.2. The Balaban J connectivity index is 1.73. The molecule has 2 aromatic rings. The summed E-state index contributed by atoms with van der Waals surface area (Å²) in [5.74, 6) is 0.0279. The van der Waals surface area contributed by atoms with Crippen molar-refractivity contribution in [3.63, 3.8) is 0 Å². The van der Waals surface area contributed by atoms with Gasteiger partial charge in [-0.2, -0.15) is 4.31 Å². The summed E-state index contributed by atoms with van der Waals surface area (Å²) in [6.45, 7) is 2.75. The molecule has 1 aliphatic heterocycles. The van der Waals surface area contributed by atoms with Gasteiger partial charge in [0.25, 0.3) is 0 Å². The van der Waals surface area contributed by atoms with E-state index in [1.807, 2.05) is 0 Å². The zero-order chi connectivity index (χ0) is 18.6. The molecule has 1 aromatic heterocycles. The molecule has 0 bridgehead atoms. The number of carbonyl (C=O) groups is 1. The van der Waals surface area contributed by atoms with Crippen LogP contribution in [0.4, 0.5) is 0 Å². The van der Waals surface area contributed by atoms with Crippen molar-refractivity contribution in [2.75, 3.05) is 13.1 Å². The number of ether oxygens (including phenoxy) is 1. The molecule has 0 unspecified atom stereocenters. The topological polar surface area (TPSA) is 89.7 Å². The Bertz CT molecular complexity index is 867. The lowest BCUT2D eigenvalue weighted by Gasteiger charge is -2.20. The van der Waals surface area contributed by atoms with Crippen LogP contribution in [0.3, 0.4) is 0 Å². The molecular formula is C18H22N2O5S. The van der Waals surface area contributed by atoms with Crippen LogP contribution in [0.25, 0.3) is 0 Å². The van der Waals surface area contributed by atoms with E-state index >= 15 is 0 Å². The lowest BCUT2D eigenvalue weighted by Crippen LogP contribution is -2.32. The number of carbonyl (C=O) groups excluding carboxylic acids is 1. The summed E-state index contributed by atoms with van der Waals surface area (Å²) in [4.78, 5) is 12.4. The number of rotatable bonds is 5. The normalized spacial score (nSPS) is 16.2. The van der Waals surface area contributed by atoms with Crippen molar-refractivity contribution in [3.8, 4) is 0 Å². The van der Waals surface area contributed by atoms with Crippen molar-refractivity contribution in [1.82, 2.24) is 9.46 Å². The van der Waals surface area contributed by atoms with Gasteiger partial charge >= 0.3 is 5.97 Å². The summed E-state index contributed by atoms with van der Waals surface area (Å²) >= 11 is 0. The minimum Gasteiger partial charge on any atom is -0.455 e. The third kappa shape index (κ3) is 4.31. The number of hydrogen-bond donors (Lipinski definition) is 0. The number of sulfonamides is 1. The van der Waals surface area contributed by atoms with E-state index in [0.717, 1.165) is 25.7 Å². The summed E-state index contributed by atoms with van der Waals surface area (Å²) in [7, 11) is -3.61. The highest BCUT2D eigenvalue weighted by Gasteiger charge is 2.26. The Hall–Kier alpha value is -2.19. The van der Waals surface area contributed by atoms with Crippen molar-refractivity contribution >= 4 is 16.0 Å². The Morgan fingerprint density at radius 1 is 1.19 bits per heavy atom. The molecule has 7 nitrogen and oxygen atoms in total. The van der Waals surface area contributed by atoms with E-state index in [1.165, 1.54) is 22.5 Å². The van der Waals surface area contributed by atoms with Gasteiger partial charge < -0.3 is 9.26 Å². The summed E-state index contributed by atoms with van der Waals surface area (Å²) in [5, 5.41) is 3.75. The SMILES string of the molecule is Cc1cc(COC(=O)c2cccc(S(=O)(=O)N3CCCCCC3)c2)no1. The fourth-order valence-corrected chi connectivity index (χ4v) is 4.49. The van der Waals surface area contributed by atoms with Gasteiger partial charge in [0.1, 0.15) is 18.1 Å². The molecule has 0 saturated carbocycles. The van der Waals surface area contributed by atoms with E-state index in [9.17, 15) is 13.2 Å². The highest BCUT2D eigenvalue weighted by molar-refractivity contribution is 7.89. The van der Waals surface area contributed by atoms with Crippen LogP contribution in [0, 0.1) is 6.92 Å². The van der Waals surface area contributed by atoms with Crippen LogP contribution in [0.15, 0.2) is 39.8 Å². The van der Waals surface area contributed by atoms with Gasteiger partial charge in [-0.15, -0.1) is 0 Å². The van der Waals surface area contributed by atoms with Gasteiger partial charge in [-0.3, -0.25) is 0 Å². The number of aromatic nitrogens is 1. The molecule has 1 fully saturated rings. The molecule has 0 atom stereocenters. The third-order valence-electron chi connectivity index (χ3n) is 4.30. The predicted molar refractivity (Wildman–Crippen MR) is 94.0 cm³/mol. The molecule has 1 aliphatic rings. The molecule has 0 spiro atoms. The van der Waals surface area contributed by atoms with E-state index in [0.29, 0.717) is 24.5 Å². The Morgan fingerprint density at radius 3 is 2.58 bits per heavy atom. The summed E-state index contributed by atoms with van der Waals surface area (Å²) in [5.41, 5.74) is 0.699. The van der Waals surface area contributed by atoms with Gasteiger partial charge in [-0.1, -0.05) is 24.1 Å². The molecule has 26 heavy (non-hydrogen) atoms. The molecule has 0 aliphatic carbocycles. The maximum atomic E-state index is 12.8. The zero-order valence-corrected chi connectivity index (χ0v) is 15.5. The molecule has 0 radical (unpaired) electrons. The predicted octanol–water partition coefficient (Wildman–Crippen LogP) is 2.90. The van der Waals surface area contributed by atoms with Crippen LogP contribution >= 0.6 is 0 Å². The Kier molecular flexibility index (Phi) is 5.73. The fraction of sp³-hybridized carbons (Fsp3) is 0.444. The minimum atomic E-state index is -3.61. The second-order valence-corrected chi connectivity index (χ2v) is 8.29. The van der Waals surface area contributed by atoms with Crippen molar-refractivity contribution in [3.05, 3.63) is 47.3 Å². The first-order valence-electron chi connectivity index (χ1n) is 8.66. The molecule has 8 heteroatoms. The van der Waals surface area contributed by atoms with Gasteiger partial charge in [0.05, 0.1) is 10.5 Å².